The van der Waals surface area contributed by atoms with Crippen LogP contribution in [0.15, 0.2) is 48.5 Å². The van der Waals surface area contributed by atoms with Gasteiger partial charge in [-0.2, -0.15) is 0 Å². The number of carbonyl (C=O) groups excluding carboxylic acids is 1. The van der Waals surface area contributed by atoms with Crippen molar-refractivity contribution >= 4 is 17.3 Å². The van der Waals surface area contributed by atoms with Crippen LogP contribution in [0.2, 0.25) is 0 Å². The summed E-state index contributed by atoms with van der Waals surface area (Å²) in [6, 6.07) is 14.8. The highest BCUT2D eigenvalue weighted by Gasteiger charge is 2.49. The number of amides is 1. The van der Waals surface area contributed by atoms with E-state index in [4.69, 9.17) is 14.2 Å². The second-order valence-electron chi connectivity index (χ2n) is 6.34. The molecule has 0 bridgehead atoms. The smallest absolute Gasteiger partial charge is 0.263 e. The van der Waals surface area contributed by atoms with Gasteiger partial charge in [-0.05, 0) is 54.4 Å². The van der Waals surface area contributed by atoms with E-state index in [-0.39, 0.29) is 12.0 Å². The maximum absolute atomic E-state index is 13.1. The molecule has 0 aliphatic carbocycles. The van der Waals surface area contributed by atoms with E-state index in [2.05, 4.69) is 13.8 Å². The van der Waals surface area contributed by atoms with Gasteiger partial charge in [-0.3, -0.25) is 9.69 Å². The summed E-state index contributed by atoms with van der Waals surface area (Å²) in [5, 5.41) is 0. The lowest BCUT2D eigenvalue weighted by molar-refractivity contribution is -0.119. The van der Waals surface area contributed by atoms with E-state index >= 15 is 0 Å². The summed E-state index contributed by atoms with van der Waals surface area (Å²) in [6.45, 7) is 4.12. The number of nitrogens with zero attached hydrogens (tertiary/aromatic N) is 1. The van der Waals surface area contributed by atoms with Gasteiger partial charge in [0.1, 0.15) is 11.5 Å². The summed E-state index contributed by atoms with van der Waals surface area (Å²) in [7, 11) is 3.24. The third kappa shape index (κ3) is 3.61. The Bertz CT molecular complexity index is 677. The molecular formula is C20H23NO4. The zero-order valence-electron chi connectivity index (χ0n) is 14.9. The number of ether oxygens (including phenoxy) is 3. The first kappa shape index (κ1) is 17.3. The second kappa shape index (κ2) is 7.15. The van der Waals surface area contributed by atoms with Gasteiger partial charge in [0.25, 0.3) is 5.91 Å². The van der Waals surface area contributed by atoms with Crippen molar-refractivity contribution in [2.45, 2.75) is 26.1 Å². The predicted octanol–water partition coefficient (Wildman–Crippen LogP) is 3.79. The van der Waals surface area contributed by atoms with Gasteiger partial charge < -0.3 is 14.2 Å². The predicted molar refractivity (Wildman–Crippen MR) is 96.6 cm³/mol. The van der Waals surface area contributed by atoms with Gasteiger partial charge in [0, 0.05) is 11.4 Å². The van der Waals surface area contributed by atoms with Crippen LogP contribution in [0.1, 0.15) is 13.8 Å². The summed E-state index contributed by atoms with van der Waals surface area (Å²) in [5.41, 5.74) is 1.54. The van der Waals surface area contributed by atoms with Gasteiger partial charge in [0.15, 0.2) is 6.10 Å². The van der Waals surface area contributed by atoms with Crippen LogP contribution in [0.3, 0.4) is 0 Å². The molecule has 1 aliphatic heterocycles. The minimum atomic E-state index is -0.399. The molecule has 1 amide bonds. The van der Waals surface area contributed by atoms with Crippen molar-refractivity contribution in [3.8, 4) is 11.5 Å². The minimum Gasteiger partial charge on any atom is -0.497 e. The molecule has 0 aromatic heterocycles. The molecule has 0 unspecified atom stereocenters. The average Bonchev–Trinajstić information content (AvgIpc) is 3.44. The first-order valence-corrected chi connectivity index (χ1v) is 8.32. The van der Waals surface area contributed by atoms with Crippen LogP contribution < -0.4 is 14.4 Å². The van der Waals surface area contributed by atoms with E-state index in [0.717, 1.165) is 22.9 Å². The molecule has 25 heavy (non-hydrogen) atoms. The third-order valence-electron chi connectivity index (χ3n) is 4.31. The zero-order valence-corrected chi connectivity index (χ0v) is 14.9. The Balaban J connectivity index is 1.93. The standard InChI is InChI=1S/C20H23NO4/c1-13(2)18-19(25-18)20(22)21(14-5-9-16(23-3)10-6-14)15-7-11-17(24-4)12-8-15/h5-13,18-19H,1-4H3/t18-,19+/m0/s1. The number of carbonyl (C=O) groups is 1. The topological polar surface area (TPSA) is 51.3 Å². The maximum atomic E-state index is 13.1. The Kier molecular flexibility index (Phi) is 4.95. The summed E-state index contributed by atoms with van der Waals surface area (Å²) in [4.78, 5) is 14.8. The van der Waals surface area contributed by atoms with Crippen LogP contribution in [0, 0.1) is 5.92 Å². The van der Waals surface area contributed by atoms with Gasteiger partial charge >= 0.3 is 0 Å². The van der Waals surface area contributed by atoms with Crippen LogP contribution in [0.5, 0.6) is 11.5 Å². The number of methoxy groups -OCH3 is 2. The third-order valence-corrected chi connectivity index (χ3v) is 4.31. The molecule has 3 rings (SSSR count). The summed E-state index contributed by atoms with van der Waals surface area (Å²) in [6.07, 6.45) is -0.421. The van der Waals surface area contributed by atoms with Crippen LogP contribution in [-0.4, -0.2) is 32.3 Å². The van der Waals surface area contributed by atoms with E-state index in [1.165, 1.54) is 0 Å². The van der Waals surface area contributed by atoms with Crippen LogP contribution in [-0.2, 0) is 9.53 Å². The lowest BCUT2D eigenvalue weighted by Gasteiger charge is -2.23. The molecule has 2 aromatic carbocycles. The van der Waals surface area contributed by atoms with Crippen molar-refractivity contribution in [3.05, 3.63) is 48.5 Å². The largest absolute Gasteiger partial charge is 0.497 e. The monoisotopic (exact) mass is 341 g/mol. The number of benzene rings is 2. The van der Waals surface area contributed by atoms with Gasteiger partial charge in [0.05, 0.1) is 20.3 Å². The van der Waals surface area contributed by atoms with Crippen molar-refractivity contribution < 1.29 is 19.0 Å². The Morgan fingerprint density at radius 3 is 1.68 bits per heavy atom. The Morgan fingerprint density at radius 1 is 0.920 bits per heavy atom. The highest BCUT2D eigenvalue weighted by atomic mass is 16.6. The number of hydrogen-bond donors (Lipinski definition) is 0. The highest BCUT2D eigenvalue weighted by Crippen LogP contribution is 2.36. The molecule has 2 atom stereocenters. The first-order valence-electron chi connectivity index (χ1n) is 8.32. The Hall–Kier alpha value is -2.53. The molecule has 0 N–H and O–H groups in total. The SMILES string of the molecule is COc1ccc(N(C(=O)[C@@H]2O[C@H]2C(C)C)c2ccc(OC)cc2)cc1. The molecule has 5 nitrogen and oxygen atoms in total. The fraction of sp³-hybridized carbons (Fsp3) is 0.350. The van der Waals surface area contributed by atoms with Crippen molar-refractivity contribution in [1.82, 2.24) is 0 Å². The van der Waals surface area contributed by atoms with Crippen LogP contribution in [0.4, 0.5) is 11.4 Å². The summed E-state index contributed by atoms with van der Waals surface area (Å²) in [5.74, 6) is 1.73. The van der Waals surface area contributed by atoms with E-state index in [0.29, 0.717) is 5.92 Å². The molecule has 1 fully saturated rings. The Labute approximate surface area is 148 Å². The second-order valence-corrected chi connectivity index (χ2v) is 6.34. The fourth-order valence-corrected chi connectivity index (χ4v) is 2.82. The minimum absolute atomic E-state index is 0.0218. The maximum Gasteiger partial charge on any atom is 0.263 e. The molecule has 1 saturated heterocycles. The lowest BCUT2D eigenvalue weighted by Crippen LogP contribution is -2.31. The van der Waals surface area contributed by atoms with Gasteiger partial charge in [0.2, 0.25) is 0 Å². The van der Waals surface area contributed by atoms with Crippen molar-refractivity contribution in [1.29, 1.82) is 0 Å². The van der Waals surface area contributed by atoms with Gasteiger partial charge in [-0.25, -0.2) is 0 Å². The molecular weight excluding hydrogens is 318 g/mol. The molecule has 0 saturated carbocycles. The molecule has 2 aromatic rings. The molecule has 132 valence electrons. The summed E-state index contributed by atoms with van der Waals surface area (Å²) >= 11 is 0. The lowest BCUT2D eigenvalue weighted by atomic mass is 10.1. The normalized spacial score (nSPS) is 18.8. The van der Waals surface area contributed by atoms with E-state index in [9.17, 15) is 4.79 Å². The average molecular weight is 341 g/mol. The quantitative estimate of drug-likeness (QED) is 0.750. The highest BCUT2D eigenvalue weighted by molar-refractivity contribution is 6.04. The molecule has 5 heteroatoms. The van der Waals surface area contributed by atoms with Crippen molar-refractivity contribution in [2.24, 2.45) is 5.92 Å². The van der Waals surface area contributed by atoms with Gasteiger partial charge in [-0.15, -0.1) is 0 Å². The van der Waals surface area contributed by atoms with Crippen LogP contribution >= 0.6 is 0 Å². The number of hydrogen-bond acceptors (Lipinski definition) is 4. The molecule has 0 spiro atoms. The number of epoxide rings is 1. The Morgan fingerprint density at radius 2 is 1.36 bits per heavy atom. The van der Waals surface area contributed by atoms with Crippen LogP contribution in [0.25, 0.3) is 0 Å². The summed E-state index contributed by atoms with van der Waals surface area (Å²) < 4.78 is 16.0. The molecule has 1 aliphatic rings. The molecule has 0 radical (unpaired) electrons. The zero-order chi connectivity index (χ0) is 18.0. The number of anilines is 2. The van der Waals surface area contributed by atoms with E-state index < -0.39 is 6.10 Å². The van der Waals surface area contributed by atoms with Gasteiger partial charge in [-0.1, -0.05) is 13.8 Å². The van der Waals surface area contributed by atoms with E-state index in [1.54, 1.807) is 19.1 Å². The fourth-order valence-electron chi connectivity index (χ4n) is 2.82. The van der Waals surface area contributed by atoms with Crippen molar-refractivity contribution in [2.75, 3.05) is 19.1 Å². The molecule has 1 heterocycles. The first-order chi connectivity index (χ1) is 12.0. The van der Waals surface area contributed by atoms with E-state index in [1.807, 2.05) is 48.5 Å². The van der Waals surface area contributed by atoms with Crippen molar-refractivity contribution in [3.63, 3.8) is 0 Å². The number of rotatable bonds is 6.